The molecule has 5 N–H and O–H groups in total. The van der Waals surface area contributed by atoms with Gasteiger partial charge in [-0.25, -0.2) is 4.79 Å². The zero-order chi connectivity index (χ0) is 27.7. The van der Waals surface area contributed by atoms with Crippen LogP contribution < -0.4 is 16.4 Å². The van der Waals surface area contributed by atoms with Crippen LogP contribution in [0.25, 0.3) is 0 Å². The smallest absolute Gasteiger partial charge is 0.326 e. The Kier molecular flexibility index (Phi) is 23.6. The van der Waals surface area contributed by atoms with Crippen molar-refractivity contribution in [3.8, 4) is 0 Å². The molecule has 0 aromatic rings. The average molecular weight is 526 g/mol. The molecule has 2 amide bonds. The van der Waals surface area contributed by atoms with E-state index < -0.39 is 24.0 Å². The lowest BCUT2D eigenvalue weighted by Crippen LogP contribution is -2.52. The van der Waals surface area contributed by atoms with Gasteiger partial charge < -0.3 is 21.5 Å². The molecule has 0 radical (unpaired) electrons. The Bertz CT molecular complexity index is 583. The maximum atomic E-state index is 12.8. The number of hydrogen-bond acceptors (Lipinski definition) is 4. The van der Waals surface area contributed by atoms with E-state index in [0.717, 1.165) is 19.3 Å². The van der Waals surface area contributed by atoms with E-state index in [1.165, 1.54) is 77.0 Å². The summed E-state index contributed by atoms with van der Waals surface area (Å²) in [5, 5.41) is 14.9. The Morgan fingerprint density at radius 3 is 1.59 bits per heavy atom. The summed E-state index contributed by atoms with van der Waals surface area (Å²) < 4.78 is 0. The number of carbonyl (C=O) groups is 3. The quantitative estimate of drug-likeness (QED) is 0.0963. The third-order valence-corrected chi connectivity index (χ3v) is 6.93. The molecule has 0 rings (SSSR count). The van der Waals surface area contributed by atoms with Crippen LogP contribution in [0.2, 0.25) is 0 Å². The van der Waals surface area contributed by atoms with Gasteiger partial charge in [-0.1, -0.05) is 111 Å². The number of carbonyl (C=O) groups excluding carboxylic acids is 2. The molecule has 37 heavy (non-hydrogen) atoms. The number of nitrogens with one attached hydrogen (secondary N) is 2. The highest BCUT2D eigenvalue weighted by molar-refractivity contribution is 5.90. The minimum absolute atomic E-state index is 0.134. The van der Waals surface area contributed by atoms with Gasteiger partial charge in [0.2, 0.25) is 11.8 Å². The predicted octanol–water partition coefficient (Wildman–Crippen LogP) is 6.48. The molecule has 0 aliphatic carbocycles. The van der Waals surface area contributed by atoms with Crippen LogP contribution in [0.5, 0.6) is 0 Å². The van der Waals surface area contributed by atoms with Crippen LogP contribution in [-0.2, 0) is 14.4 Å². The van der Waals surface area contributed by atoms with E-state index in [1.807, 2.05) is 13.8 Å². The standard InChI is InChI=1S/C30H59N3O4/c1-4-5-6-7-8-9-10-11-12-13-14-15-16-17-18-22-28(34)32-27(24-25(2)3)29(35)33-26(30(36)37)21-19-20-23-31/h25-27H,4-24,31H2,1-3H3,(H,32,34)(H,33,35)(H,36,37)/t26-,27-/m0/s1. The maximum Gasteiger partial charge on any atom is 0.326 e. The van der Waals surface area contributed by atoms with Crippen molar-refractivity contribution in [2.45, 2.75) is 161 Å². The zero-order valence-electron chi connectivity index (χ0n) is 24.3. The molecule has 0 aliphatic rings. The van der Waals surface area contributed by atoms with Gasteiger partial charge >= 0.3 is 5.97 Å². The summed E-state index contributed by atoms with van der Waals surface area (Å²) >= 11 is 0. The Labute approximate surface area is 227 Å². The molecular weight excluding hydrogens is 466 g/mol. The first-order chi connectivity index (χ1) is 17.8. The van der Waals surface area contributed by atoms with Gasteiger partial charge in [0.05, 0.1) is 0 Å². The molecule has 0 saturated heterocycles. The molecule has 2 atom stereocenters. The summed E-state index contributed by atoms with van der Waals surface area (Å²) in [6.07, 6.45) is 21.7. The van der Waals surface area contributed by atoms with Crippen molar-refractivity contribution in [3.05, 3.63) is 0 Å². The van der Waals surface area contributed by atoms with Crippen LogP contribution in [0.1, 0.15) is 149 Å². The molecule has 0 bridgehead atoms. The SMILES string of the molecule is CCCCCCCCCCCCCCCCCC(=O)N[C@@H](CC(C)C)C(=O)N[C@@H](CCCCN)C(=O)O. The highest BCUT2D eigenvalue weighted by Gasteiger charge is 2.26. The zero-order valence-corrected chi connectivity index (χ0v) is 24.3. The third-order valence-electron chi connectivity index (χ3n) is 6.93. The van der Waals surface area contributed by atoms with Gasteiger partial charge in [0, 0.05) is 6.42 Å². The number of unbranched alkanes of at least 4 members (excludes halogenated alkanes) is 15. The van der Waals surface area contributed by atoms with E-state index in [4.69, 9.17) is 5.73 Å². The molecule has 0 aliphatic heterocycles. The number of rotatable bonds is 26. The van der Waals surface area contributed by atoms with Crippen molar-refractivity contribution < 1.29 is 19.5 Å². The second-order valence-corrected chi connectivity index (χ2v) is 11.1. The molecule has 0 heterocycles. The third kappa shape index (κ3) is 22.1. The molecular formula is C30H59N3O4. The molecule has 218 valence electrons. The number of hydrogen-bond donors (Lipinski definition) is 4. The monoisotopic (exact) mass is 525 g/mol. The van der Waals surface area contributed by atoms with Crippen LogP contribution in [0, 0.1) is 5.92 Å². The number of carboxylic acids is 1. The van der Waals surface area contributed by atoms with E-state index in [0.29, 0.717) is 38.6 Å². The van der Waals surface area contributed by atoms with Gasteiger partial charge in [-0.15, -0.1) is 0 Å². The predicted molar refractivity (Wildman–Crippen MR) is 153 cm³/mol. The van der Waals surface area contributed by atoms with E-state index >= 15 is 0 Å². The van der Waals surface area contributed by atoms with Crippen molar-refractivity contribution in [3.63, 3.8) is 0 Å². The highest BCUT2D eigenvalue weighted by atomic mass is 16.4. The van der Waals surface area contributed by atoms with Gasteiger partial charge in [-0.05, 0) is 44.6 Å². The fraction of sp³-hybridized carbons (Fsp3) is 0.900. The molecule has 0 aromatic carbocycles. The normalized spacial score (nSPS) is 12.9. The lowest BCUT2D eigenvalue weighted by atomic mass is 10.0. The number of aliphatic carboxylic acids is 1. The summed E-state index contributed by atoms with van der Waals surface area (Å²) in [7, 11) is 0. The molecule has 0 spiro atoms. The van der Waals surface area contributed by atoms with Gasteiger partial charge in [0.25, 0.3) is 0 Å². The topological polar surface area (TPSA) is 122 Å². The lowest BCUT2D eigenvalue weighted by molar-refractivity contribution is -0.142. The van der Waals surface area contributed by atoms with Crippen LogP contribution in [0.3, 0.4) is 0 Å². The van der Waals surface area contributed by atoms with Crippen molar-refractivity contribution in [2.75, 3.05) is 6.54 Å². The summed E-state index contributed by atoms with van der Waals surface area (Å²) in [4.78, 5) is 36.8. The largest absolute Gasteiger partial charge is 0.480 e. The fourth-order valence-corrected chi connectivity index (χ4v) is 4.65. The second kappa shape index (κ2) is 24.7. The summed E-state index contributed by atoms with van der Waals surface area (Å²) in [6, 6.07) is -1.67. The van der Waals surface area contributed by atoms with Crippen molar-refractivity contribution in [1.82, 2.24) is 10.6 Å². The molecule has 0 fully saturated rings. The summed E-state index contributed by atoms with van der Waals surface area (Å²) in [5.41, 5.74) is 5.48. The number of nitrogens with two attached hydrogens (primary N) is 1. The molecule has 0 aromatic heterocycles. The van der Waals surface area contributed by atoms with Gasteiger partial charge in [-0.2, -0.15) is 0 Å². The van der Waals surface area contributed by atoms with E-state index in [2.05, 4.69) is 17.6 Å². The Morgan fingerprint density at radius 1 is 0.676 bits per heavy atom. The first-order valence-electron chi connectivity index (χ1n) is 15.3. The number of carboxylic acid groups (broad SMARTS) is 1. The van der Waals surface area contributed by atoms with E-state index in [-0.39, 0.29) is 11.8 Å². The molecule has 0 unspecified atom stereocenters. The fourth-order valence-electron chi connectivity index (χ4n) is 4.65. The Hall–Kier alpha value is -1.63. The Morgan fingerprint density at radius 2 is 1.16 bits per heavy atom. The minimum atomic E-state index is -1.06. The van der Waals surface area contributed by atoms with E-state index in [1.54, 1.807) is 0 Å². The molecule has 0 saturated carbocycles. The molecule has 7 nitrogen and oxygen atoms in total. The second-order valence-electron chi connectivity index (χ2n) is 11.1. The van der Waals surface area contributed by atoms with Crippen molar-refractivity contribution >= 4 is 17.8 Å². The van der Waals surface area contributed by atoms with E-state index in [9.17, 15) is 19.5 Å². The minimum Gasteiger partial charge on any atom is -0.480 e. The first-order valence-corrected chi connectivity index (χ1v) is 15.3. The Balaban J connectivity index is 4.04. The van der Waals surface area contributed by atoms with Crippen molar-refractivity contribution in [2.24, 2.45) is 11.7 Å². The summed E-state index contributed by atoms with van der Waals surface area (Å²) in [6.45, 7) is 6.72. The first kappa shape index (κ1) is 35.4. The van der Waals surface area contributed by atoms with Crippen LogP contribution >= 0.6 is 0 Å². The highest BCUT2D eigenvalue weighted by Crippen LogP contribution is 2.14. The lowest BCUT2D eigenvalue weighted by Gasteiger charge is -2.23. The summed E-state index contributed by atoms with van der Waals surface area (Å²) in [5.74, 6) is -1.41. The average Bonchev–Trinajstić information content (AvgIpc) is 2.85. The van der Waals surface area contributed by atoms with Gasteiger partial charge in [0.15, 0.2) is 0 Å². The maximum absolute atomic E-state index is 12.8. The van der Waals surface area contributed by atoms with Gasteiger partial charge in [-0.3, -0.25) is 9.59 Å². The molecule has 7 heteroatoms. The number of amides is 2. The van der Waals surface area contributed by atoms with Crippen LogP contribution in [-0.4, -0.2) is 41.5 Å². The van der Waals surface area contributed by atoms with Crippen molar-refractivity contribution in [1.29, 1.82) is 0 Å². The van der Waals surface area contributed by atoms with Crippen LogP contribution in [0.15, 0.2) is 0 Å². The van der Waals surface area contributed by atoms with Gasteiger partial charge in [0.1, 0.15) is 12.1 Å². The van der Waals surface area contributed by atoms with Crippen LogP contribution in [0.4, 0.5) is 0 Å².